The van der Waals surface area contributed by atoms with E-state index in [4.69, 9.17) is 32.9 Å². The summed E-state index contributed by atoms with van der Waals surface area (Å²) in [6, 6.07) is 13.1. The number of benzene rings is 1. The Balaban J connectivity index is 1.32. The summed E-state index contributed by atoms with van der Waals surface area (Å²) in [5.74, 6) is 1.03. The Labute approximate surface area is 251 Å². The second kappa shape index (κ2) is 13.3. The number of anilines is 1. The van der Waals surface area contributed by atoms with Gasteiger partial charge in [-0.2, -0.15) is 0 Å². The van der Waals surface area contributed by atoms with E-state index in [9.17, 15) is 9.90 Å². The van der Waals surface area contributed by atoms with Gasteiger partial charge in [0.25, 0.3) is 0 Å². The standard InChI is InChI=1S/C30H36Cl2N6O3/c1-20(30(39)40)13-21-5-7-37(8-6-21)19-22-14-26(23-16-24(31)18-25(32)17-23)33-29(15-22)41-28-4-3-27(34-35-28)38-11-9-36(2)10-12-38/h3-4,14-18,20-21H,5-13,19H2,1-2H3,(H,39,40). The van der Waals surface area contributed by atoms with Gasteiger partial charge in [-0.25, -0.2) is 4.98 Å². The van der Waals surface area contributed by atoms with Crippen molar-refractivity contribution in [2.75, 3.05) is 51.2 Å². The minimum atomic E-state index is -0.718. The lowest BCUT2D eigenvalue weighted by atomic mass is 9.88. The fraction of sp³-hybridized carbons (Fsp3) is 0.467. The number of piperidine rings is 1. The number of rotatable bonds is 9. The molecule has 1 aromatic carbocycles. The molecule has 9 nitrogen and oxygen atoms in total. The minimum Gasteiger partial charge on any atom is -0.481 e. The molecule has 0 saturated carbocycles. The quantitative estimate of drug-likeness (QED) is 0.332. The number of aliphatic carboxylic acids is 1. The third kappa shape index (κ3) is 8.07. The van der Waals surface area contributed by atoms with E-state index in [1.54, 1.807) is 13.0 Å². The molecule has 0 radical (unpaired) electrons. The predicted molar refractivity (Wildman–Crippen MR) is 161 cm³/mol. The molecule has 0 aliphatic carbocycles. The van der Waals surface area contributed by atoms with E-state index in [1.165, 1.54) is 0 Å². The van der Waals surface area contributed by atoms with Crippen molar-refractivity contribution in [3.05, 3.63) is 58.1 Å². The topological polar surface area (TPSA) is 94.9 Å². The Morgan fingerprint density at radius 1 is 0.976 bits per heavy atom. The fourth-order valence-electron chi connectivity index (χ4n) is 5.47. The predicted octanol–water partition coefficient (Wildman–Crippen LogP) is 5.71. The van der Waals surface area contributed by atoms with Crippen molar-refractivity contribution in [3.63, 3.8) is 0 Å². The number of carboxylic acids is 1. The van der Waals surface area contributed by atoms with Gasteiger partial charge in [0, 0.05) is 60.5 Å². The molecule has 5 rings (SSSR count). The number of hydrogen-bond acceptors (Lipinski definition) is 8. The van der Waals surface area contributed by atoms with Crippen molar-refractivity contribution < 1.29 is 14.6 Å². The van der Waals surface area contributed by atoms with Gasteiger partial charge >= 0.3 is 5.97 Å². The molecule has 11 heteroatoms. The van der Waals surface area contributed by atoms with Crippen LogP contribution in [0.5, 0.6) is 11.8 Å². The molecule has 1 unspecified atom stereocenters. The number of likely N-dealkylation sites (N-methyl/N-ethyl adjacent to an activating group) is 1. The minimum absolute atomic E-state index is 0.308. The SMILES string of the molecule is CC(CC1CCN(Cc2cc(Oc3ccc(N4CCN(C)CC4)nn3)nc(-c3cc(Cl)cc(Cl)c3)c2)CC1)C(=O)O. The van der Waals surface area contributed by atoms with Gasteiger partial charge in [0.05, 0.1) is 11.6 Å². The number of carboxylic acid groups (broad SMARTS) is 1. The monoisotopic (exact) mass is 598 g/mol. The van der Waals surface area contributed by atoms with Crippen LogP contribution < -0.4 is 9.64 Å². The molecule has 0 bridgehead atoms. The van der Waals surface area contributed by atoms with Gasteiger partial charge < -0.3 is 19.6 Å². The maximum Gasteiger partial charge on any atom is 0.306 e. The lowest BCUT2D eigenvalue weighted by Crippen LogP contribution is -2.44. The Morgan fingerprint density at radius 2 is 1.68 bits per heavy atom. The molecule has 2 aliphatic heterocycles. The molecule has 41 heavy (non-hydrogen) atoms. The molecule has 1 N–H and O–H groups in total. The van der Waals surface area contributed by atoms with E-state index < -0.39 is 5.97 Å². The summed E-state index contributed by atoms with van der Waals surface area (Å²) in [5.41, 5.74) is 2.54. The molecule has 2 saturated heterocycles. The number of pyridine rings is 1. The summed E-state index contributed by atoms with van der Waals surface area (Å²) < 4.78 is 6.12. The van der Waals surface area contributed by atoms with Crippen molar-refractivity contribution >= 4 is 35.0 Å². The average molecular weight is 600 g/mol. The number of ether oxygens (including phenoxy) is 1. The van der Waals surface area contributed by atoms with Crippen LogP contribution in [0.15, 0.2) is 42.5 Å². The molecule has 2 aromatic heterocycles. The summed E-state index contributed by atoms with van der Waals surface area (Å²) in [6.45, 7) is 8.14. The summed E-state index contributed by atoms with van der Waals surface area (Å²) in [6.07, 6.45) is 2.70. The van der Waals surface area contributed by atoms with Crippen LogP contribution in [0.2, 0.25) is 10.0 Å². The summed E-state index contributed by atoms with van der Waals surface area (Å²) in [5, 5.41) is 19.1. The zero-order valence-electron chi connectivity index (χ0n) is 23.5. The first-order valence-electron chi connectivity index (χ1n) is 14.1. The van der Waals surface area contributed by atoms with Crippen molar-refractivity contribution in [2.45, 2.75) is 32.7 Å². The van der Waals surface area contributed by atoms with Crippen molar-refractivity contribution in [2.24, 2.45) is 11.8 Å². The lowest BCUT2D eigenvalue weighted by Gasteiger charge is -2.32. The number of nitrogens with zero attached hydrogens (tertiary/aromatic N) is 6. The second-order valence-electron chi connectivity index (χ2n) is 11.2. The van der Waals surface area contributed by atoms with E-state index in [-0.39, 0.29) is 5.92 Å². The van der Waals surface area contributed by atoms with E-state index in [2.05, 4.69) is 31.9 Å². The highest BCUT2D eigenvalue weighted by Crippen LogP contribution is 2.31. The van der Waals surface area contributed by atoms with Crippen LogP contribution in [0.3, 0.4) is 0 Å². The molecule has 0 spiro atoms. The Kier molecular flexibility index (Phi) is 9.60. The number of piperazine rings is 1. The lowest BCUT2D eigenvalue weighted by molar-refractivity contribution is -0.141. The summed E-state index contributed by atoms with van der Waals surface area (Å²) in [4.78, 5) is 22.9. The first-order valence-corrected chi connectivity index (χ1v) is 14.8. The van der Waals surface area contributed by atoms with Crippen LogP contribution in [-0.2, 0) is 11.3 Å². The molecule has 1 atom stereocenters. The third-order valence-electron chi connectivity index (χ3n) is 7.90. The first kappa shape index (κ1) is 29.5. The Bertz CT molecular complexity index is 1320. The normalized spacial score (nSPS) is 17.9. The van der Waals surface area contributed by atoms with Gasteiger partial charge in [0.1, 0.15) is 0 Å². The summed E-state index contributed by atoms with van der Waals surface area (Å²) in [7, 11) is 2.12. The van der Waals surface area contributed by atoms with E-state index in [0.717, 1.165) is 82.0 Å². The van der Waals surface area contributed by atoms with Crippen LogP contribution in [0, 0.1) is 11.8 Å². The highest BCUT2D eigenvalue weighted by Gasteiger charge is 2.24. The number of hydrogen-bond donors (Lipinski definition) is 1. The average Bonchev–Trinajstić information content (AvgIpc) is 2.94. The van der Waals surface area contributed by atoms with Crippen LogP contribution in [-0.4, -0.2) is 82.4 Å². The number of halogens is 2. The number of carbonyl (C=O) groups is 1. The molecule has 3 aromatic rings. The maximum atomic E-state index is 11.3. The Morgan fingerprint density at radius 3 is 2.32 bits per heavy atom. The highest BCUT2D eigenvalue weighted by atomic mass is 35.5. The fourth-order valence-corrected chi connectivity index (χ4v) is 6.00. The van der Waals surface area contributed by atoms with Gasteiger partial charge in [-0.3, -0.25) is 9.69 Å². The maximum absolute atomic E-state index is 11.3. The van der Waals surface area contributed by atoms with Gasteiger partial charge in [-0.05, 0) is 81.2 Å². The third-order valence-corrected chi connectivity index (χ3v) is 8.34. The van der Waals surface area contributed by atoms with E-state index in [0.29, 0.717) is 33.4 Å². The Hall–Kier alpha value is -2.98. The van der Waals surface area contributed by atoms with Crippen LogP contribution in [0.25, 0.3) is 11.3 Å². The van der Waals surface area contributed by atoms with Crippen LogP contribution in [0.1, 0.15) is 31.7 Å². The molecule has 2 aliphatic rings. The molecule has 4 heterocycles. The van der Waals surface area contributed by atoms with Gasteiger partial charge in [-0.1, -0.05) is 30.1 Å². The largest absolute Gasteiger partial charge is 0.481 e. The van der Waals surface area contributed by atoms with Crippen LogP contribution >= 0.6 is 23.2 Å². The smallest absolute Gasteiger partial charge is 0.306 e. The summed E-state index contributed by atoms with van der Waals surface area (Å²) >= 11 is 12.6. The highest BCUT2D eigenvalue weighted by molar-refractivity contribution is 6.35. The zero-order chi connectivity index (χ0) is 28.9. The second-order valence-corrected chi connectivity index (χ2v) is 12.0. The van der Waals surface area contributed by atoms with Crippen molar-refractivity contribution in [1.29, 1.82) is 0 Å². The molecule has 218 valence electrons. The molecule has 2 fully saturated rings. The molecular weight excluding hydrogens is 563 g/mol. The van der Waals surface area contributed by atoms with Gasteiger partial charge in [0.15, 0.2) is 5.82 Å². The van der Waals surface area contributed by atoms with Crippen molar-refractivity contribution in [1.82, 2.24) is 25.0 Å². The first-order chi connectivity index (χ1) is 19.7. The number of likely N-dealkylation sites (tertiary alicyclic amines) is 1. The van der Waals surface area contributed by atoms with E-state index in [1.807, 2.05) is 36.4 Å². The molecule has 0 amide bonds. The van der Waals surface area contributed by atoms with E-state index >= 15 is 0 Å². The number of aromatic nitrogens is 3. The molecular formula is C30H36Cl2N6O3. The van der Waals surface area contributed by atoms with Gasteiger partial charge in [0.2, 0.25) is 11.8 Å². The van der Waals surface area contributed by atoms with Gasteiger partial charge in [-0.15, -0.1) is 10.2 Å². The van der Waals surface area contributed by atoms with Crippen LogP contribution in [0.4, 0.5) is 5.82 Å². The van der Waals surface area contributed by atoms with Crippen molar-refractivity contribution in [3.8, 4) is 23.0 Å². The zero-order valence-corrected chi connectivity index (χ0v) is 25.0.